The lowest BCUT2D eigenvalue weighted by atomic mass is 9.76. The van der Waals surface area contributed by atoms with Crippen molar-refractivity contribution < 1.29 is 9.53 Å². The fourth-order valence-electron chi connectivity index (χ4n) is 4.43. The molecule has 4 heteroatoms. The van der Waals surface area contributed by atoms with Gasteiger partial charge in [-0.15, -0.1) is 0 Å². The Balaban J connectivity index is 1.92. The summed E-state index contributed by atoms with van der Waals surface area (Å²) in [6.45, 7) is 3.29. The average molecular weight is 322 g/mol. The Morgan fingerprint density at radius 1 is 1.32 bits per heavy atom. The first-order chi connectivity index (χ1) is 10.7. The van der Waals surface area contributed by atoms with Gasteiger partial charge in [0.1, 0.15) is 0 Å². The van der Waals surface area contributed by atoms with E-state index in [4.69, 9.17) is 16.3 Å². The number of hydrogen-bond acceptors (Lipinski definition) is 3. The summed E-state index contributed by atoms with van der Waals surface area (Å²) in [6.07, 6.45) is 4.47. The first kappa shape index (κ1) is 15.8. The van der Waals surface area contributed by atoms with Gasteiger partial charge in [-0.2, -0.15) is 0 Å². The van der Waals surface area contributed by atoms with Crippen LogP contribution in [0.4, 0.5) is 0 Å². The molecule has 1 aromatic rings. The molecule has 2 aliphatic heterocycles. The largest absolute Gasteiger partial charge is 0.469 e. The van der Waals surface area contributed by atoms with Crippen LogP contribution in [0.25, 0.3) is 0 Å². The van der Waals surface area contributed by atoms with Gasteiger partial charge in [0, 0.05) is 23.0 Å². The molecule has 0 saturated carbocycles. The van der Waals surface area contributed by atoms with Crippen LogP contribution in [0.1, 0.15) is 44.1 Å². The maximum atomic E-state index is 12.5. The molecule has 0 spiro atoms. The second-order valence-electron chi connectivity index (χ2n) is 6.48. The minimum Gasteiger partial charge on any atom is -0.469 e. The van der Waals surface area contributed by atoms with E-state index in [1.165, 1.54) is 19.1 Å². The fraction of sp³-hybridized carbons (Fsp3) is 0.611. The minimum atomic E-state index is -0.0635. The van der Waals surface area contributed by atoms with E-state index in [1.807, 2.05) is 12.1 Å². The van der Waals surface area contributed by atoms with Gasteiger partial charge in [-0.3, -0.25) is 9.69 Å². The predicted molar refractivity (Wildman–Crippen MR) is 88.1 cm³/mol. The first-order valence-corrected chi connectivity index (χ1v) is 8.62. The van der Waals surface area contributed by atoms with Crippen LogP contribution in [-0.2, 0) is 9.53 Å². The van der Waals surface area contributed by atoms with Crippen LogP contribution >= 0.6 is 11.6 Å². The quantitative estimate of drug-likeness (QED) is 0.789. The van der Waals surface area contributed by atoms with Crippen molar-refractivity contribution in [3.05, 3.63) is 34.9 Å². The molecule has 0 aliphatic carbocycles. The third-order valence-electron chi connectivity index (χ3n) is 5.32. The van der Waals surface area contributed by atoms with E-state index in [1.54, 1.807) is 0 Å². The Labute approximate surface area is 137 Å². The number of ether oxygens (including phenoxy) is 1. The Morgan fingerprint density at radius 2 is 2.05 bits per heavy atom. The molecule has 2 fully saturated rings. The van der Waals surface area contributed by atoms with E-state index >= 15 is 0 Å². The first-order valence-electron chi connectivity index (χ1n) is 8.24. The molecule has 2 bridgehead atoms. The second kappa shape index (κ2) is 6.59. The molecule has 0 N–H and O–H groups in total. The third-order valence-corrected chi connectivity index (χ3v) is 5.57. The SMILES string of the molecule is CCCN1C2CCC1C(C(=O)OC)C(c1ccc(Cl)cc1)C2. The molecule has 0 amide bonds. The van der Waals surface area contributed by atoms with Gasteiger partial charge in [-0.25, -0.2) is 0 Å². The number of fused-ring (bicyclic) bond motifs is 2. The molecule has 2 saturated heterocycles. The predicted octanol–water partition coefficient (Wildman–Crippen LogP) is 3.86. The third kappa shape index (κ3) is 2.77. The normalized spacial score (nSPS) is 31.2. The Kier molecular flexibility index (Phi) is 4.74. The summed E-state index contributed by atoms with van der Waals surface area (Å²) in [5.41, 5.74) is 1.22. The molecule has 4 atom stereocenters. The van der Waals surface area contributed by atoms with Crippen molar-refractivity contribution in [3.63, 3.8) is 0 Å². The standard InChI is InChI=1S/C18H24ClNO2/c1-3-10-20-14-8-9-16(20)17(18(21)22-2)15(11-14)12-4-6-13(19)7-5-12/h4-7,14-17H,3,8-11H2,1-2H3. The summed E-state index contributed by atoms with van der Waals surface area (Å²) in [4.78, 5) is 15.0. The molecule has 4 unspecified atom stereocenters. The number of piperidine rings is 1. The van der Waals surface area contributed by atoms with Gasteiger partial charge in [0.05, 0.1) is 13.0 Å². The number of hydrogen-bond donors (Lipinski definition) is 0. The van der Waals surface area contributed by atoms with E-state index in [9.17, 15) is 4.79 Å². The van der Waals surface area contributed by atoms with Crippen molar-refractivity contribution in [1.29, 1.82) is 0 Å². The number of carbonyl (C=O) groups is 1. The lowest BCUT2D eigenvalue weighted by Crippen LogP contribution is -2.51. The second-order valence-corrected chi connectivity index (χ2v) is 6.92. The van der Waals surface area contributed by atoms with Crippen LogP contribution in [0.5, 0.6) is 0 Å². The number of rotatable bonds is 4. The number of benzene rings is 1. The molecular formula is C18H24ClNO2. The van der Waals surface area contributed by atoms with Crippen LogP contribution in [-0.4, -0.2) is 36.6 Å². The molecule has 0 radical (unpaired) electrons. The Morgan fingerprint density at radius 3 is 2.68 bits per heavy atom. The monoisotopic (exact) mass is 321 g/mol. The molecule has 2 aliphatic rings. The topological polar surface area (TPSA) is 29.5 Å². The van der Waals surface area contributed by atoms with Crippen molar-refractivity contribution in [2.24, 2.45) is 5.92 Å². The fourth-order valence-corrected chi connectivity index (χ4v) is 4.56. The zero-order valence-corrected chi connectivity index (χ0v) is 14.1. The lowest BCUT2D eigenvalue weighted by Gasteiger charge is -2.43. The maximum absolute atomic E-state index is 12.5. The highest BCUT2D eigenvalue weighted by atomic mass is 35.5. The zero-order chi connectivity index (χ0) is 15.7. The van der Waals surface area contributed by atoms with Gasteiger partial charge in [-0.05, 0) is 49.9 Å². The van der Waals surface area contributed by atoms with Crippen molar-refractivity contribution in [2.75, 3.05) is 13.7 Å². The highest BCUT2D eigenvalue weighted by molar-refractivity contribution is 6.30. The van der Waals surface area contributed by atoms with Crippen LogP contribution in [0.3, 0.4) is 0 Å². The van der Waals surface area contributed by atoms with Gasteiger partial charge >= 0.3 is 5.97 Å². The molecule has 0 aromatic heterocycles. The van der Waals surface area contributed by atoms with Crippen molar-refractivity contribution in [3.8, 4) is 0 Å². The summed E-state index contributed by atoms with van der Waals surface area (Å²) >= 11 is 6.01. The summed E-state index contributed by atoms with van der Waals surface area (Å²) in [6, 6.07) is 8.91. The molecule has 3 rings (SSSR count). The molecular weight excluding hydrogens is 298 g/mol. The highest BCUT2D eigenvalue weighted by Crippen LogP contribution is 2.47. The van der Waals surface area contributed by atoms with Crippen molar-refractivity contribution in [1.82, 2.24) is 4.90 Å². The van der Waals surface area contributed by atoms with Crippen LogP contribution in [0.15, 0.2) is 24.3 Å². The minimum absolute atomic E-state index is 0.0588. The molecule has 1 aromatic carbocycles. The Bertz CT molecular complexity index is 530. The number of carbonyl (C=O) groups excluding carboxylic acids is 1. The van der Waals surface area contributed by atoms with E-state index in [-0.39, 0.29) is 17.8 Å². The van der Waals surface area contributed by atoms with Crippen LogP contribution in [0.2, 0.25) is 5.02 Å². The molecule has 22 heavy (non-hydrogen) atoms. The molecule has 3 nitrogen and oxygen atoms in total. The van der Waals surface area contributed by atoms with E-state index < -0.39 is 0 Å². The maximum Gasteiger partial charge on any atom is 0.310 e. The number of halogens is 1. The summed E-state index contributed by atoms with van der Waals surface area (Å²) in [5.74, 6) is 0.123. The van der Waals surface area contributed by atoms with E-state index in [0.717, 1.165) is 30.8 Å². The molecule has 120 valence electrons. The van der Waals surface area contributed by atoms with Crippen molar-refractivity contribution >= 4 is 17.6 Å². The van der Waals surface area contributed by atoms with Crippen LogP contribution < -0.4 is 0 Å². The zero-order valence-electron chi connectivity index (χ0n) is 13.3. The van der Waals surface area contributed by atoms with Gasteiger partial charge < -0.3 is 4.74 Å². The van der Waals surface area contributed by atoms with Gasteiger partial charge in [0.25, 0.3) is 0 Å². The lowest BCUT2D eigenvalue weighted by molar-refractivity contribution is -0.150. The van der Waals surface area contributed by atoms with E-state index in [0.29, 0.717) is 12.1 Å². The number of methoxy groups -OCH3 is 1. The average Bonchev–Trinajstić information content (AvgIpc) is 2.80. The number of esters is 1. The summed E-state index contributed by atoms with van der Waals surface area (Å²) in [7, 11) is 1.51. The van der Waals surface area contributed by atoms with Gasteiger partial charge in [0.2, 0.25) is 0 Å². The van der Waals surface area contributed by atoms with E-state index in [2.05, 4.69) is 24.0 Å². The number of nitrogens with zero attached hydrogens (tertiary/aromatic N) is 1. The van der Waals surface area contributed by atoms with Crippen molar-refractivity contribution in [2.45, 2.75) is 50.6 Å². The van der Waals surface area contributed by atoms with Gasteiger partial charge in [-0.1, -0.05) is 30.7 Å². The van der Waals surface area contributed by atoms with Crippen LogP contribution in [0, 0.1) is 5.92 Å². The highest BCUT2D eigenvalue weighted by Gasteiger charge is 2.50. The Hall–Kier alpha value is -1.06. The summed E-state index contributed by atoms with van der Waals surface area (Å²) in [5, 5.41) is 0.741. The molecule has 2 heterocycles. The summed E-state index contributed by atoms with van der Waals surface area (Å²) < 4.78 is 5.15. The van der Waals surface area contributed by atoms with Gasteiger partial charge in [0.15, 0.2) is 0 Å². The smallest absolute Gasteiger partial charge is 0.310 e.